The van der Waals surface area contributed by atoms with Gasteiger partial charge in [-0.15, -0.1) is 11.3 Å². The van der Waals surface area contributed by atoms with Gasteiger partial charge in [-0.2, -0.15) is 0 Å². The van der Waals surface area contributed by atoms with Gasteiger partial charge < -0.3 is 5.32 Å². The van der Waals surface area contributed by atoms with E-state index in [4.69, 9.17) is 0 Å². The molecule has 0 amide bonds. The van der Waals surface area contributed by atoms with E-state index in [1.54, 1.807) is 11.3 Å². The van der Waals surface area contributed by atoms with E-state index in [1.165, 1.54) is 0 Å². The molecule has 0 aliphatic heterocycles. The molecule has 1 atom stereocenters. The molecule has 0 aliphatic carbocycles. The van der Waals surface area contributed by atoms with Crippen molar-refractivity contribution in [2.45, 2.75) is 26.8 Å². The van der Waals surface area contributed by atoms with Crippen molar-refractivity contribution < 1.29 is 0 Å². The largest absolute Gasteiger partial charge is 0.361 e. The highest BCUT2D eigenvalue weighted by Gasteiger charge is 2.10. The second-order valence-corrected chi connectivity index (χ2v) is 5.70. The molecule has 2 aromatic heterocycles. The summed E-state index contributed by atoms with van der Waals surface area (Å²) in [7, 11) is 0. The number of anilines is 1. The third kappa shape index (κ3) is 3.04. The summed E-state index contributed by atoms with van der Waals surface area (Å²) >= 11 is 5.12. The van der Waals surface area contributed by atoms with E-state index in [2.05, 4.69) is 43.5 Å². The lowest BCUT2D eigenvalue weighted by atomic mass is 10.3. The standard InChI is InChI=1S/C12H14BrN3S/c1-7-6-17-12(14-7)9(3)16-11-5-4-10(13)8(2)15-11/h4-6,9H,1-3H3,(H,15,16). The minimum Gasteiger partial charge on any atom is -0.361 e. The molecule has 2 aromatic rings. The molecular formula is C12H14BrN3S. The van der Waals surface area contributed by atoms with E-state index < -0.39 is 0 Å². The molecule has 1 N–H and O–H groups in total. The average molecular weight is 312 g/mol. The Labute approximate surface area is 113 Å². The van der Waals surface area contributed by atoms with E-state index in [0.29, 0.717) is 0 Å². The molecule has 0 radical (unpaired) electrons. The van der Waals surface area contributed by atoms with Crippen molar-refractivity contribution in [1.29, 1.82) is 0 Å². The Hall–Kier alpha value is -0.940. The van der Waals surface area contributed by atoms with Crippen LogP contribution in [0.3, 0.4) is 0 Å². The Bertz CT molecular complexity index is 524. The Balaban J connectivity index is 2.12. The fourth-order valence-corrected chi connectivity index (χ4v) is 2.50. The maximum absolute atomic E-state index is 4.47. The van der Waals surface area contributed by atoms with Gasteiger partial charge in [0.2, 0.25) is 0 Å². The lowest BCUT2D eigenvalue weighted by molar-refractivity contribution is 0.853. The number of aromatic nitrogens is 2. The van der Waals surface area contributed by atoms with Gasteiger partial charge in [0.05, 0.1) is 11.7 Å². The highest BCUT2D eigenvalue weighted by molar-refractivity contribution is 9.10. The number of hydrogen-bond donors (Lipinski definition) is 1. The van der Waals surface area contributed by atoms with Gasteiger partial charge in [-0.1, -0.05) is 0 Å². The zero-order valence-corrected chi connectivity index (χ0v) is 12.4. The number of nitrogens with one attached hydrogen (secondary N) is 1. The zero-order chi connectivity index (χ0) is 12.4. The molecule has 5 heteroatoms. The van der Waals surface area contributed by atoms with Crippen LogP contribution in [0.5, 0.6) is 0 Å². The molecule has 1 unspecified atom stereocenters. The Morgan fingerprint density at radius 2 is 2.06 bits per heavy atom. The SMILES string of the molecule is Cc1csc(C(C)Nc2ccc(Br)c(C)n2)n1. The number of hydrogen-bond acceptors (Lipinski definition) is 4. The quantitative estimate of drug-likeness (QED) is 0.927. The molecule has 90 valence electrons. The lowest BCUT2D eigenvalue weighted by Gasteiger charge is -2.12. The predicted octanol–water partition coefficient (Wildman–Crippen LogP) is 4.09. The summed E-state index contributed by atoms with van der Waals surface area (Å²) in [5.74, 6) is 0.881. The van der Waals surface area contributed by atoms with Crippen molar-refractivity contribution in [2.75, 3.05) is 5.32 Å². The first-order valence-electron chi connectivity index (χ1n) is 5.38. The van der Waals surface area contributed by atoms with E-state index in [1.807, 2.05) is 26.0 Å². The number of aryl methyl sites for hydroxylation is 2. The van der Waals surface area contributed by atoms with Crippen molar-refractivity contribution in [3.05, 3.63) is 38.4 Å². The summed E-state index contributed by atoms with van der Waals surface area (Å²) in [5, 5.41) is 6.51. The van der Waals surface area contributed by atoms with Gasteiger partial charge in [0, 0.05) is 15.5 Å². The second-order valence-electron chi connectivity index (χ2n) is 3.96. The molecule has 0 spiro atoms. The molecule has 0 aliphatic rings. The highest BCUT2D eigenvalue weighted by atomic mass is 79.9. The summed E-state index contributed by atoms with van der Waals surface area (Å²) in [6, 6.07) is 4.15. The molecular weight excluding hydrogens is 298 g/mol. The van der Waals surface area contributed by atoms with Gasteiger partial charge in [0.15, 0.2) is 0 Å². The van der Waals surface area contributed by atoms with Crippen LogP contribution in [-0.4, -0.2) is 9.97 Å². The van der Waals surface area contributed by atoms with Crippen molar-refractivity contribution in [3.8, 4) is 0 Å². The minimum atomic E-state index is 0.182. The van der Waals surface area contributed by atoms with E-state index in [9.17, 15) is 0 Å². The third-order valence-corrected chi connectivity index (χ3v) is 4.38. The monoisotopic (exact) mass is 311 g/mol. The first-order valence-corrected chi connectivity index (χ1v) is 7.05. The van der Waals surface area contributed by atoms with Crippen LogP contribution in [0.1, 0.15) is 29.4 Å². The van der Waals surface area contributed by atoms with Gasteiger partial charge in [-0.25, -0.2) is 9.97 Å². The molecule has 17 heavy (non-hydrogen) atoms. The van der Waals surface area contributed by atoms with Crippen LogP contribution in [-0.2, 0) is 0 Å². The first-order chi connectivity index (χ1) is 8.06. The number of pyridine rings is 1. The maximum Gasteiger partial charge on any atom is 0.126 e. The van der Waals surface area contributed by atoms with Crippen LogP contribution < -0.4 is 5.32 Å². The number of rotatable bonds is 3. The van der Waals surface area contributed by atoms with Gasteiger partial charge >= 0.3 is 0 Å². The van der Waals surface area contributed by atoms with E-state index in [-0.39, 0.29) is 6.04 Å². The highest BCUT2D eigenvalue weighted by Crippen LogP contribution is 2.23. The normalized spacial score (nSPS) is 12.5. The summed E-state index contributed by atoms with van der Waals surface area (Å²) in [4.78, 5) is 8.93. The number of nitrogens with zero attached hydrogens (tertiary/aromatic N) is 2. The molecule has 0 bridgehead atoms. The second kappa shape index (κ2) is 5.14. The molecule has 3 nitrogen and oxygen atoms in total. The number of thiazole rings is 1. The van der Waals surface area contributed by atoms with E-state index in [0.717, 1.165) is 26.7 Å². The third-order valence-electron chi connectivity index (χ3n) is 2.39. The topological polar surface area (TPSA) is 37.8 Å². The molecule has 0 saturated carbocycles. The van der Waals surface area contributed by atoms with Gasteiger partial charge in [0.1, 0.15) is 10.8 Å². The maximum atomic E-state index is 4.47. The van der Waals surface area contributed by atoms with Gasteiger partial charge in [-0.05, 0) is 48.8 Å². The molecule has 0 saturated heterocycles. The summed E-state index contributed by atoms with van der Waals surface area (Å²) < 4.78 is 1.03. The minimum absolute atomic E-state index is 0.182. The average Bonchev–Trinajstić information content (AvgIpc) is 2.70. The van der Waals surface area contributed by atoms with Crippen molar-refractivity contribution in [3.63, 3.8) is 0 Å². The molecule has 0 fully saturated rings. The van der Waals surface area contributed by atoms with Crippen LogP contribution in [0.25, 0.3) is 0 Å². The molecule has 2 heterocycles. The van der Waals surface area contributed by atoms with Crippen LogP contribution in [0.4, 0.5) is 5.82 Å². The first kappa shape index (κ1) is 12.5. The zero-order valence-electron chi connectivity index (χ0n) is 9.99. The number of halogens is 1. The van der Waals surface area contributed by atoms with Gasteiger partial charge in [0.25, 0.3) is 0 Å². The van der Waals surface area contributed by atoms with Crippen LogP contribution in [0.15, 0.2) is 22.0 Å². The van der Waals surface area contributed by atoms with Crippen molar-refractivity contribution >= 4 is 33.1 Å². The van der Waals surface area contributed by atoms with Crippen LogP contribution >= 0.6 is 27.3 Å². The smallest absolute Gasteiger partial charge is 0.126 e. The summed E-state index contributed by atoms with van der Waals surface area (Å²) in [6.45, 7) is 6.08. The Morgan fingerprint density at radius 1 is 1.29 bits per heavy atom. The summed E-state index contributed by atoms with van der Waals surface area (Å²) in [6.07, 6.45) is 0. The fraction of sp³-hybridized carbons (Fsp3) is 0.333. The van der Waals surface area contributed by atoms with E-state index >= 15 is 0 Å². The van der Waals surface area contributed by atoms with Crippen molar-refractivity contribution in [2.24, 2.45) is 0 Å². The molecule has 2 rings (SSSR count). The Kier molecular flexibility index (Phi) is 3.79. The Morgan fingerprint density at radius 3 is 2.65 bits per heavy atom. The lowest BCUT2D eigenvalue weighted by Crippen LogP contribution is -2.08. The van der Waals surface area contributed by atoms with Crippen LogP contribution in [0, 0.1) is 13.8 Å². The van der Waals surface area contributed by atoms with Crippen molar-refractivity contribution in [1.82, 2.24) is 9.97 Å². The summed E-state index contributed by atoms with van der Waals surface area (Å²) in [5.41, 5.74) is 2.05. The van der Waals surface area contributed by atoms with Gasteiger partial charge in [-0.3, -0.25) is 0 Å². The van der Waals surface area contributed by atoms with Crippen LogP contribution in [0.2, 0.25) is 0 Å². The fourth-order valence-electron chi connectivity index (χ4n) is 1.48. The molecule has 0 aromatic carbocycles. The predicted molar refractivity (Wildman–Crippen MR) is 75.6 cm³/mol.